The fourth-order valence-electron chi connectivity index (χ4n) is 6.36. The normalized spacial score (nSPS) is 59.1. The molecule has 4 nitrogen and oxygen atoms in total. The lowest BCUT2D eigenvalue weighted by molar-refractivity contribution is -0.300. The summed E-state index contributed by atoms with van der Waals surface area (Å²) in [6, 6.07) is 0. The second kappa shape index (κ2) is 4.19. The van der Waals surface area contributed by atoms with Gasteiger partial charge in [-0.15, -0.1) is 0 Å². The molecule has 2 saturated heterocycles. The minimum absolute atomic E-state index is 0.154. The summed E-state index contributed by atoms with van der Waals surface area (Å²) in [6.07, 6.45) is 4.54. The maximum Gasteiger partial charge on any atom is 0.0888 e. The molecule has 0 aromatic rings. The first kappa shape index (κ1) is 13.5. The molecule has 0 amide bonds. The molecule has 4 fully saturated rings. The molecular formula is C16H27NO3. The molecule has 0 aromatic carbocycles. The second-order valence-electron chi connectivity index (χ2n) is 7.77. The minimum Gasteiger partial charge on any atom is -0.393 e. The topological polar surface area (TPSA) is 63.9 Å². The third kappa shape index (κ3) is 1.37. The van der Waals surface area contributed by atoms with Crippen LogP contribution in [0.2, 0.25) is 0 Å². The molecule has 2 bridgehead atoms. The van der Waals surface area contributed by atoms with Crippen molar-refractivity contribution >= 4 is 0 Å². The van der Waals surface area contributed by atoms with Crippen LogP contribution >= 0.6 is 0 Å². The number of aliphatic hydroxyl groups excluding tert-OH is 2. The molecule has 0 radical (unpaired) electrons. The van der Waals surface area contributed by atoms with Gasteiger partial charge in [-0.25, -0.2) is 0 Å². The number of hydrogen-bond donors (Lipinski definition) is 3. The van der Waals surface area contributed by atoms with Crippen molar-refractivity contribution in [1.29, 1.82) is 0 Å². The molecule has 2 heterocycles. The van der Waals surface area contributed by atoms with Gasteiger partial charge in [0.1, 0.15) is 0 Å². The van der Waals surface area contributed by atoms with Crippen molar-refractivity contribution in [2.45, 2.75) is 68.8 Å². The standard InChI is InChI=1S/C16H27NO3/c1-10-9-15-11-4-2-6-17(15)7-3-5-16(15,20)12(14(10)19)8-13(11)18/h10-14,18-20H,2-9H2,1H3/t10-,11+,12+,13+,14?,15-,16-/m0/s1. The van der Waals surface area contributed by atoms with E-state index >= 15 is 0 Å². The Bertz CT molecular complexity index is 415. The predicted molar refractivity (Wildman–Crippen MR) is 75.1 cm³/mol. The van der Waals surface area contributed by atoms with Gasteiger partial charge < -0.3 is 15.3 Å². The van der Waals surface area contributed by atoms with Gasteiger partial charge in [-0.2, -0.15) is 0 Å². The maximum absolute atomic E-state index is 11.6. The molecule has 3 N–H and O–H groups in total. The first-order chi connectivity index (χ1) is 9.50. The molecule has 1 unspecified atom stereocenters. The molecule has 20 heavy (non-hydrogen) atoms. The van der Waals surface area contributed by atoms with Crippen LogP contribution in [0.15, 0.2) is 0 Å². The van der Waals surface area contributed by atoms with E-state index in [9.17, 15) is 15.3 Å². The SMILES string of the molecule is C[C@H]1C[C@@]23[C@@H]4CCCN2CCC[C@]3(O)[C@H](C[C@H]4O)C1O. The van der Waals surface area contributed by atoms with E-state index < -0.39 is 11.7 Å². The molecule has 114 valence electrons. The van der Waals surface area contributed by atoms with Gasteiger partial charge in [0.15, 0.2) is 0 Å². The van der Waals surface area contributed by atoms with Crippen LogP contribution in [0.3, 0.4) is 0 Å². The fraction of sp³-hybridized carbons (Fsp3) is 1.00. The Morgan fingerprint density at radius 3 is 2.65 bits per heavy atom. The smallest absolute Gasteiger partial charge is 0.0888 e. The van der Waals surface area contributed by atoms with E-state index in [2.05, 4.69) is 11.8 Å². The maximum atomic E-state index is 11.6. The molecule has 2 aliphatic carbocycles. The number of nitrogens with zero attached hydrogens (tertiary/aromatic N) is 1. The van der Waals surface area contributed by atoms with Gasteiger partial charge >= 0.3 is 0 Å². The van der Waals surface area contributed by atoms with Crippen molar-refractivity contribution in [3.63, 3.8) is 0 Å². The Balaban J connectivity index is 1.88. The fourth-order valence-corrected chi connectivity index (χ4v) is 6.36. The first-order valence-corrected chi connectivity index (χ1v) is 8.34. The van der Waals surface area contributed by atoms with Gasteiger partial charge in [0.2, 0.25) is 0 Å². The van der Waals surface area contributed by atoms with E-state index in [1.807, 2.05) is 0 Å². The minimum atomic E-state index is -0.790. The van der Waals surface area contributed by atoms with E-state index in [0.717, 1.165) is 45.2 Å². The predicted octanol–water partition coefficient (Wildman–Crippen LogP) is 0.744. The van der Waals surface area contributed by atoms with Gasteiger partial charge in [0.25, 0.3) is 0 Å². The Morgan fingerprint density at radius 1 is 1.10 bits per heavy atom. The zero-order valence-corrected chi connectivity index (χ0v) is 12.3. The molecule has 2 aliphatic heterocycles. The van der Waals surface area contributed by atoms with Crippen LogP contribution in [0.5, 0.6) is 0 Å². The average Bonchev–Trinajstić information content (AvgIpc) is 2.41. The van der Waals surface area contributed by atoms with Crippen molar-refractivity contribution in [3.05, 3.63) is 0 Å². The molecule has 4 rings (SSSR count). The Hall–Kier alpha value is -0.160. The van der Waals surface area contributed by atoms with E-state index in [4.69, 9.17) is 0 Å². The molecule has 4 heteroatoms. The average molecular weight is 281 g/mol. The largest absolute Gasteiger partial charge is 0.393 e. The third-order valence-electron chi connectivity index (χ3n) is 7.06. The summed E-state index contributed by atoms with van der Waals surface area (Å²) in [4.78, 5) is 2.47. The molecular weight excluding hydrogens is 254 g/mol. The van der Waals surface area contributed by atoms with Crippen LogP contribution in [-0.2, 0) is 0 Å². The summed E-state index contributed by atoms with van der Waals surface area (Å²) >= 11 is 0. The number of rotatable bonds is 0. The highest BCUT2D eigenvalue weighted by atomic mass is 16.3. The van der Waals surface area contributed by atoms with Crippen LogP contribution in [0.1, 0.15) is 45.4 Å². The van der Waals surface area contributed by atoms with Crippen molar-refractivity contribution in [2.75, 3.05) is 13.1 Å². The van der Waals surface area contributed by atoms with Crippen LogP contribution in [-0.4, -0.2) is 56.7 Å². The summed E-state index contributed by atoms with van der Waals surface area (Å²) < 4.78 is 0. The molecule has 7 atom stereocenters. The van der Waals surface area contributed by atoms with E-state index in [1.54, 1.807) is 0 Å². The van der Waals surface area contributed by atoms with E-state index in [0.29, 0.717) is 6.42 Å². The Kier molecular flexibility index (Phi) is 2.83. The van der Waals surface area contributed by atoms with Gasteiger partial charge in [-0.3, -0.25) is 4.90 Å². The van der Waals surface area contributed by atoms with Crippen LogP contribution in [0, 0.1) is 17.8 Å². The Labute approximate surface area is 120 Å². The molecule has 1 spiro atoms. The summed E-state index contributed by atoms with van der Waals surface area (Å²) in [5, 5.41) is 32.8. The lowest BCUT2D eigenvalue weighted by Gasteiger charge is -2.71. The van der Waals surface area contributed by atoms with Crippen molar-refractivity contribution in [2.24, 2.45) is 17.8 Å². The van der Waals surface area contributed by atoms with Crippen LogP contribution in [0.4, 0.5) is 0 Å². The van der Waals surface area contributed by atoms with E-state index in [1.165, 1.54) is 0 Å². The van der Waals surface area contributed by atoms with Gasteiger partial charge in [-0.1, -0.05) is 6.92 Å². The van der Waals surface area contributed by atoms with Crippen LogP contribution in [0.25, 0.3) is 0 Å². The van der Waals surface area contributed by atoms with Crippen molar-refractivity contribution in [3.8, 4) is 0 Å². The number of hydrogen-bond acceptors (Lipinski definition) is 4. The highest BCUT2D eigenvalue weighted by Crippen LogP contribution is 2.62. The van der Waals surface area contributed by atoms with Crippen LogP contribution < -0.4 is 0 Å². The molecule has 4 aliphatic rings. The zero-order valence-electron chi connectivity index (χ0n) is 12.3. The summed E-state index contributed by atoms with van der Waals surface area (Å²) in [6.45, 7) is 4.20. The van der Waals surface area contributed by atoms with Gasteiger partial charge in [-0.05, 0) is 57.5 Å². The monoisotopic (exact) mass is 281 g/mol. The summed E-state index contributed by atoms with van der Waals surface area (Å²) in [7, 11) is 0. The number of piperidine rings is 2. The van der Waals surface area contributed by atoms with Gasteiger partial charge in [0, 0.05) is 11.8 Å². The summed E-state index contributed by atoms with van der Waals surface area (Å²) in [5.74, 6) is 0.250. The van der Waals surface area contributed by atoms with Crippen molar-refractivity contribution < 1.29 is 15.3 Å². The lowest BCUT2D eigenvalue weighted by Crippen LogP contribution is -2.82. The first-order valence-electron chi connectivity index (χ1n) is 8.34. The van der Waals surface area contributed by atoms with Crippen molar-refractivity contribution in [1.82, 2.24) is 4.90 Å². The van der Waals surface area contributed by atoms with E-state index in [-0.39, 0.29) is 29.4 Å². The zero-order chi connectivity index (χ0) is 14.1. The molecule has 0 aromatic heterocycles. The molecule has 2 saturated carbocycles. The van der Waals surface area contributed by atoms with Gasteiger partial charge in [0.05, 0.1) is 23.3 Å². The third-order valence-corrected chi connectivity index (χ3v) is 7.06. The lowest BCUT2D eigenvalue weighted by atomic mass is 9.45. The highest BCUT2D eigenvalue weighted by Gasteiger charge is 2.71. The highest BCUT2D eigenvalue weighted by molar-refractivity contribution is 5.24. The number of aliphatic hydroxyl groups is 3. The Morgan fingerprint density at radius 2 is 1.85 bits per heavy atom. The summed E-state index contributed by atoms with van der Waals surface area (Å²) in [5.41, 5.74) is -1.06. The second-order valence-corrected chi connectivity index (χ2v) is 7.77. The quantitative estimate of drug-likeness (QED) is 0.613.